The second kappa shape index (κ2) is 13.2. The van der Waals surface area contributed by atoms with E-state index in [0.717, 1.165) is 52.3 Å². The smallest absolute Gasteiger partial charge is 0.219 e. The van der Waals surface area contributed by atoms with Crippen LogP contribution in [0.4, 0.5) is 0 Å². The molecule has 42 heavy (non-hydrogen) atoms. The molecule has 0 fully saturated rings. The van der Waals surface area contributed by atoms with Gasteiger partial charge in [-0.25, -0.2) is 4.98 Å². The summed E-state index contributed by atoms with van der Waals surface area (Å²) in [6.07, 6.45) is 5.29. The summed E-state index contributed by atoms with van der Waals surface area (Å²) < 4.78 is 0. The summed E-state index contributed by atoms with van der Waals surface area (Å²) in [4.78, 5) is 27.0. The highest BCUT2D eigenvalue weighted by molar-refractivity contribution is 8.14. The van der Waals surface area contributed by atoms with Gasteiger partial charge in [0.05, 0.1) is 22.8 Å². The predicted octanol–water partition coefficient (Wildman–Crippen LogP) is 9.37. The van der Waals surface area contributed by atoms with E-state index in [9.17, 15) is 4.79 Å². The summed E-state index contributed by atoms with van der Waals surface area (Å²) in [6, 6.07) is 44.4. The van der Waals surface area contributed by atoms with Crippen molar-refractivity contribution in [1.82, 2.24) is 15.0 Å². The summed E-state index contributed by atoms with van der Waals surface area (Å²) >= 11 is 1.41. The number of aromatic nitrogens is 3. The van der Waals surface area contributed by atoms with Crippen molar-refractivity contribution in [3.63, 3.8) is 0 Å². The van der Waals surface area contributed by atoms with Crippen LogP contribution in [0.1, 0.15) is 34.6 Å². The predicted molar refractivity (Wildman–Crippen MR) is 174 cm³/mol. The van der Waals surface area contributed by atoms with Crippen molar-refractivity contribution in [3.05, 3.63) is 163 Å². The van der Waals surface area contributed by atoms with Crippen molar-refractivity contribution < 1.29 is 6.22 Å². The molecular weight excluding hydrogens is 534 g/mol. The number of hydrogen-bond donors (Lipinski definition) is 0. The van der Waals surface area contributed by atoms with E-state index >= 15 is 0 Å². The van der Waals surface area contributed by atoms with Crippen molar-refractivity contribution in [1.29, 1.82) is 0 Å². The van der Waals surface area contributed by atoms with E-state index in [2.05, 4.69) is 58.5 Å². The van der Waals surface area contributed by atoms with Gasteiger partial charge in [-0.1, -0.05) is 109 Å². The van der Waals surface area contributed by atoms with Gasteiger partial charge in [0, 0.05) is 24.6 Å². The van der Waals surface area contributed by atoms with Crippen molar-refractivity contribution >= 4 is 16.9 Å². The fraction of sp³-hybridized carbons (Fsp3) is 0.0811. The van der Waals surface area contributed by atoms with Gasteiger partial charge in [0.2, 0.25) is 5.12 Å². The number of thioether (sulfide) groups is 1. The Bertz CT molecular complexity index is 1690. The second-order valence-corrected chi connectivity index (χ2v) is 11.1. The van der Waals surface area contributed by atoms with Crippen LogP contribution >= 0.6 is 11.8 Å². The first-order chi connectivity index (χ1) is 20.7. The number of nitrogens with zero attached hydrogens (tertiary/aromatic N) is 3. The molecule has 0 amide bonds. The molecule has 1 unspecified atom stereocenters. The van der Waals surface area contributed by atoms with Crippen LogP contribution in [-0.2, 0) is 6.42 Å². The minimum atomic E-state index is 0. The molecule has 6 rings (SSSR count). The van der Waals surface area contributed by atoms with Gasteiger partial charge in [0.15, 0.2) is 0 Å². The molecule has 4 nitrogen and oxygen atoms in total. The van der Waals surface area contributed by atoms with Gasteiger partial charge in [-0.2, -0.15) is 0 Å². The van der Waals surface area contributed by atoms with Gasteiger partial charge in [0.25, 0.3) is 0 Å². The number of pyridine rings is 3. The molecule has 0 saturated heterocycles. The maximum absolute atomic E-state index is 13.1. The Balaban J connectivity index is 0.00000368. The lowest BCUT2D eigenvalue weighted by Gasteiger charge is -2.17. The fourth-order valence-corrected chi connectivity index (χ4v) is 5.94. The lowest BCUT2D eigenvalue weighted by Crippen LogP contribution is -2.02. The van der Waals surface area contributed by atoms with Crippen LogP contribution in [0.5, 0.6) is 0 Å². The van der Waals surface area contributed by atoms with E-state index in [4.69, 9.17) is 4.98 Å². The first-order valence-corrected chi connectivity index (χ1v) is 14.9. The van der Waals surface area contributed by atoms with Crippen molar-refractivity contribution in [3.8, 4) is 33.9 Å². The van der Waals surface area contributed by atoms with Gasteiger partial charge < -0.3 is 0 Å². The first-order valence-electron chi connectivity index (χ1n) is 14.0. The van der Waals surface area contributed by atoms with Crippen molar-refractivity contribution in [2.45, 2.75) is 18.1 Å². The fourth-order valence-electron chi connectivity index (χ4n) is 4.88. The Labute approximate surface area is 252 Å². The molecule has 1 atom stereocenters. The molecule has 3 aromatic carbocycles. The largest absolute Gasteiger partial charge is 0.282 e. The average molecular weight is 566 g/mol. The van der Waals surface area contributed by atoms with Crippen LogP contribution < -0.4 is 0 Å². The number of carbonyl (C=O) groups is 1. The molecule has 3 heterocycles. The molecule has 0 spiro atoms. The Morgan fingerprint density at radius 2 is 1.19 bits per heavy atom. The molecule has 0 N–H and O–H groups in total. The first kappa shape index (κ1) is 27.3. The van der Waals surface area contributed by atoms with Crippen LogP contribution in [0.2, 0.25) is 0 Å². The maximum Gasteiger partial charge on any atom is 0.219 e. The van der Waals surface area contributed by atoms with E-state index in [1.807, 2.05) is 84.9 Å². The molecule has 3 aromatic heterocycles. The number of hydrogen-bond acceptors (Lipinski definition) is 5. The monoisotopic (exact) mass is 565 g/mol. The molecule has 5 heteroatoms. The summed E-state index contributed by atoms with van der Waals surface area (Å²) in [5.74, 6) is 0. The summed E-state index contributed by atoms with van der Waals surface area (Å²) in [6.45, 7) is 0. The lowest BCUT2D eigenvalue weighted by molar-refractivity contribution is 0.108. The Kier molecular flexibility index (Phi) is 8.58. The number of aryl methyl sites for hydroxylation is 1. The van der Waals surface area contributed by atoms with Crippen LogP contribution in [0.15, 0.2) is 146 Å². The Morgan fingerprint density at radius 1 is 0.619 bits per heavy atom. The normalized spacial score (nSPS) is 11.6. The molecule has 0 bridgehead atoms. The van der Waals surface area contributed by atoms with Crippen LogP contribution in [0, 0.1) is 0 Å². The summed E-state index contributed by atoms with van der Waals surface area (Å²) in [7, 11) is 0. The molecule has 0 saturated carbocycles. The third-order valence-electron chi connectivity index (χ3n) is 7.09. The third-order valence-corrected chi connectivity index (χ3v) is 8.33. The van der Waals surface area contributed by atoms with Crippen molar-refractivity contribution in [2.24, 2.45) is 0 Å². The van der Waals surface area contributed by atoms with Gasteiger partial charge in [-0.3, -0.25) is 14.8 Å². The number of carbonyl (C=O) groups excluding carboxylic acids is 1. The SMILES string of the molecule is O=C(SC(CCc1ccc(-c2cc(-c3ccccn3)nc(-c3ccccn3)c2)cc1)c1ccccc1)c1ccccc1.[HH]. The van der Waals surface area contributed by atoms with Crippen LogP contribution in [-0.4, -0.2) is 20.1 Å². The maximum atomic E-state index is 13.1. The van der Waals surface area contributed by atoms with E-state index in [-0.39, 0.29) is 11.8 Å². The molecule has 206 valence electrons. The van der Waals surface area contributed by atoms with E-state index in [1.165, 1.54) is 22.9 Å². The van der Waals surface area contributed by atoms with Crippen LogP contribution in [0.3, 0.4) is 0 Å². The molecule has 0 aliphatic carbocycles. The van der Waals surface area contributed by atoms with Crippen molar-refractivity contribution in [2.75, 3.05) is 0 Å². The molecule has 0 radical (unpaired) electrons. The standard InChI is InChI=1S/C37H29N3OS.H2/c41-37(30-13-5-2-6-14-30)42-36(29-11-3-1-4-12-29)22-19-27-17-20-28(21-18-27)31-25-34(32-15-7-9-23-38-32)40-35(26-31)33-16-8-10-24-39-33;/h1-18,20-21,23-26,36H,19,22H2;1H. The topological polar surface area (TPSA) is 55.7 Å². The molecule has 0 aliphatic rings. The lowest BCUT2D eigenvalue weighted by atomic mass is 9.99. The summed E-state index contributed by atoms with van der Waals surface area (Å²) in [5, 5.41) is 0.172. The highest BCUT2D eigenvalue weighted by atomic mass is 32.2. The zero-order valence-electron chi connectivity index (χ0n) is 23.0. The Hall–Kier alpha value is -4.87. The highest BCUT2D eigenvalue weighted by Crippen LogP contribution is 2.36. The van der Waals surface area contributed by atoms with Gasteiger partial charge in [-0.15, -0.1) is 0 Å². The van der Waals surface area contributed by atoms with E-state index in [0.29, 0.717) is 0 Å². The number of rotatable bonds is 9. The van der Waals surface area contributed by atoms with E-state index < -0.39 is 0 Å². The minimum Gasteiger partial charge on any atom is -0.282 e. The summed E-state index contributed by atoms with van der Waals surface area (Å²) in [5.41, 5.74) is 8.56. The van der Waals surface area contributed by atoms with Crippen LogP contribution in [0.25, 0.3) is 33.9 Å². The second-order valence-electron chi connectivity index (χ2n) is 9.96. The number of benzene rings is 3. The average Bonchev–Trinajstić information content (AvgIpc) is 3.08. The van der Waals surface area contributed by atoms with Gasteiger partial charge >= 0.3 is 0 Å². The third kappa shape index (κ3) is 6.70. The zero-order valence-corrected chi connectivity index (χ0v) is 23.8. The Morgan fingerprint density at radius 3 is 1.76 bits per heavy atom. The quantitative estimate of drug-likeness (QED) is 0.175. The molecule has 6 aromatic rings. The highest BCUT2D eigenvalue weighted by Gasteiger charge is 2.18. The van der Waals surface area contributed by atoms with Gasteiger partial charge in [0.1, 0.15) is 0 Å². The van der Waals surface area contributed by atoms with Gasteiger partial charge in [-0.05, 0) is 71.5 Å². The zero-order chi connectivity index (χ0) is 28.6. The minimum absolute atomic E-state index is 0. The molecule has 0 aliphatic heterocycles. The van der Waals surface area contributed by atoms with E-state index in [1.54, 1.807) is 12.4 Å². The molecular formula is C37H31N3OS.